The van der Waals surface area contributed by atoms with E-state index < -0.39 is 30.3 Å². The number of para-hydroxylation sites is 1. The van der Waals surface area contributed by atoms with E-state index in [1.807, 2.05) is 40.1 Å². The van der Waals surface area contributed by atoms with E-state index in [1.165, 1.54) is 4.90 Å². The summed E-state index contributed by atoms with van der Waals surface area (Å²) in [5.74, 6) is -0.462. The molecule has 0 bridgehead atoms. The number of carbonyl (C=O) groups is 3. The van der Waals surface area contributed by atoms with Gasteiger partial charge in [-0.3, -0.25) is 25.1 Å². The molecule has 4 atom stereocenters. The molecule has 1 spiro atoms. The highest BCUT2D eigenvalue weighted by atomic mass is 19.4. The molecule has 14 heteroatoms. The summed E-state index contributed by atoms with van der Waals surface area (Å²) in [5, 5.41) is 3.40. The minimum atomic E-state index is -4.57. The number of piperidine rings is 2. The first kappa shape index (κ1) is 28.2. The largest absolute Gasteiger partial charge is 0.416 e. The van der Waals surface area contributed by atoms with Gasteiger partial charge in [0.1, 0.15) is 12.1 Å². The van der Waals surface area contributed by atoms with Crippen LogP contribution in [0.3, 0.4) is 0 Å². The maximum Gasteiger partial charge on any atom is 0.416 e. The van der Waals surface area contributed by atoms with Crippen LogP contribution in [-0.2, 0) is 19.1 Å². The van der Waals surface area contributed by atoms with Crippen LogP contribution in [0.1, 0.15) is 19.3 Å². The fraction of sp³-hybridized carbons (Fsp3) is 0.667. The number of halogens is 3. The fourth-order valence-electron chi connectivity index (χ4n) is 6.89. The monoisotopic (exact) mass is 579 g/mol. The third-order valence-electron chi connectivity index (χ3n) is 9.21. The summed E-state index contributed by atoms with van der Waals surface area (Å²) in [7, 11) is 0. The summed E-state index contributed by atoms with van der Waals surface area (Å²) in [6.45, 7) is 1.31. The number of hydrazine groups is 1. The number of nitrogens with one attached hydrogen (secondary N) is 3. The molecule has 0 aliphatic carbocycles. The van der Waals surface area contributed by atoms with E-state index >= 15 is 0 Å². The molecule has 11 nitrogen and oxygen atoms in total. The summed E-state index contributed by atoms with van der Waals surface area (Å²) in [5.41, 5.74) is 6.21. The third-order valence-corrected chi connectivity index (χ3v) is 9.21. The number of fused-ring (bicyclic) bond motifs is 1. The number of anilines is 1. The van der Waals surface area contributed by atoms with E-state index in [9.17, 15) is 27.6 Å². The summed E-state index contributed by atoms with van der Waals surface area (Å²) in [6.07, 6.45) is -4.83. The molecule has 3 N–H and O–H groups in total. The van der Waals surface area contributed by atoms with Crippen LogP contribution < -0.4 is 21.1 Å². The number of carbonyl (C=O) groups excluding carboxylic acids is 3. The first-order chi connectivity index (χ1) is 19.7. The Bertz CT molecular complexity index is 1150. The molecule has 1 aromatic rings. The van der Waals surface area contributed by atoms with Crippen LogP contribution in [-0.4, -0.2) is 115 Å². The SMILES string of the molecule is O=C(CN1CN(c2ccccc2)C2(CCN(C(=O)C3CNC4NNCC4C3)CC2)C1=O)N1CCOC(C(F)(F)F)C1. The van der Waals surface area contributed by atoms with E-state index in [1.54, 1.807) is 0 Å². The highest BCUT2D eigenvalue weighted by Crippen LogP contribution is 2.40. The van der Waals surface area contributed by atoms with Crippen molar-refractivity contribution in [3.63, 3.8) is 0 Å². The number of hydrogen-bond donors (Lipinski definition) is 3. The highest BCUT2D eigenvalue weighted by molar-refractivity contribution is 5.96. The molecule has 6 rings (SSSR count). The van der Waals surface area contributed by atoms with Crippen molar-refractivity contribution in [1.29, 1.82) is 0 Å². The molecule has 5 aliphatic heterocycles. The molecule has 5 fully saturated rings. The van der Waals surface area contributed by atoms with Crippen molar-refractivity contribution in [2.45, 2.75) is 43.2 Å². The van der Waals surface area contributed by atoms with Crippen LogP contribution in [0.5, 0.6) is 0 Å². The Morgan fingerprint density at radius 3 is 2.54 bits per heavy atom. The quantitative estimate of drug-likeness (QED) is 0.461. The lowest BCUT2D eigenvalue weighted by atomic mass is 9.83. The van der Waals surface area contributed by atoms with Crippen molar-refractivity contribution < 1.29 is 32.3 Å². The van der Waals surface area contributed by atoms with Gasteiger partial charge >= 0.3 is 6.18 Å². The Morgan fingerprint density at radius 2 is 1.80 bits per heavy atom. The van der Waals surface area contributed by atoms with Crippen molar-refractivity contribution in [1.82, 2.24) is 30.9 Å². The second kappa shape index (κ2) is 11.0. The number of alkyl halides is 3. The summed E-state index contributed by atoms with van der Waals surface area (Å²) >= 11 is 0. The zero-order valence-corrected chi connectivity index (χ0v) is 22.7. The lowest BCUT2D eigenvalue weighted by molar-refractivity contribution is -0.236. The molecule has 5 heterocycles. The van der Waals surface area contributed by atoms with Gasteiger partial charge in [0.25, 0.3) is 5.91 Å². The number of hydrogen-bond acceptors (Lipinski definition) is 8. The molecule has 4 unspecified atom stereocenters. The number of benzene rings is 1. The van der Waals surface area contributed by atoms with Crippen LogP contribution in [0.25, 0.3) is 0 Å². The van der Waals surface area contributed by atoms with Crippen LogP contribution in [0.4, 0.5) is 18.9 Å². The van der Waals surface area contributed by atoms with Crippen LogP contribution in [0.15, 0.2) is 30.3 Å². The van der Waals surface area contributed by atoms with Crippen LogP contribution in [0.2, 0.25) is 0 Å². The van der Waals surface area contributed by atoms with Gasteiger partial charge in [-0.1, -0.05) is 18.2 Å². The molecule has 0 aromatic heterocycles. The van der Waals surface area contributed by atoms with Gasteiger partial charge in [0.2, 0.25) is 11.8 Å². The van der Waals surface area contributed by atoms with Gasteiger partial charge in [0.15, 0.2) is 6.10 Å². The van der Waals surface area contributed by atoms with Crippen LogP contribution in [0, 0.1) is 11.8 Å². The average Bonchev–Trinajstić information content (AvgIpc) is 3.56. The zero-order valence-electron chi connectivity index (χ0n) is 22.7. The molecule has 5 saturated heterocycles. The van der Waals surface area contributed by atoms with Gasteiger partial charge in [-0.05, 0) is 31.4 Å². The Balaban J connectivity index is 1.14. The average molecular weight is 580 g/mol. The third kappa shape index (κ3) is 5.38. The minimum Gasteiger partial charge on any atom is -0.365 e. The normalized spacial score (nSPS) is 30.2. The van der Waals surface area contributed by atoms with Gasteiger partial charge in [-0.15, -0.1) is 0 Å². The second-order valence-corrected chi connectivity index (χ2v) is 11.6. The van der Waals surface area contributed by atoms with Gasteiger partial charge in [-0.25, -0.2) is 5.43 Å². The predicted molar refractivity (Wildman–Crippen MR) is 141 cm³/mol. The number of likely N-dealkylation sites (tertiary alicyclic amines) is 1. The maximum atomic E-state index is 14.0. The van der Waals surface area contributed by atoms with Crippen molar-refractivity contribution >= 4 is 23.4 Å². The highest BCUT2D eigenvalue weighted by Gasteiger charge is 2.55. The standard InChI is InChI=1S/C27H36F3N7O4/c28-27(29,30)21-15-35(10-11-41-21)22(38)16-36-17-37(20-4-2-1-3-5-20)26(25(36)40)6-8-34(9-7-26)24(39)19-12-18-14-32-33-23(18)31-13-19/h1-5,18-19,21,23,31-33H,6-17H2. The molecule has 41 heavy (non-hydrogen) atoms. The maximum absolute atomic E-state index is 14.0. The molecule has 224 valence electrons. The zero-order chi connectivity index (χ0) is 28.8. The number of rotatable bonds is 4. The molecule has 5 aliphatic rings. The van der Waals surface area contributed by atoms with Gasteiger partial charge in [-0.2, -0.15) is 13.2 Å². The molecule has 0 radical (unpaired) electrons. The van der Waals surface area contributed by atoms with Gasteiger partial charge in [0, 0.05) is 44.3 Å². The van der Waals surface area contributed by atoms with Crippen LogP contribution >= 0.6 is 0 Å². The Morgan fingerprint density at radius 1 is 1.05 bits per heavy atom. The lowest BCUT2D eigenvalue weighted by Crippen LogP contribution is -2.59. The first-order valence-corrected chi connectivity index (χ1v) is 14.2. The fourth-order valence-corrected chi connectivity index (χ4v) is 6.89. The van der Waals surface area contributed by atoms with E-state index in [4.69, 9.17) is 4.74 Å². The summed E-state index contributed by atoms with van der Waals surface area (Å²) < 4.78 is 44.5. The number of ether oxygens (including phenoxy) is 1. The Kier molecular flexibility index (Phi) is 7.59. The second-order valence-electron chi connectivity index (χ2n) is 11.6. The number of morpholine rings is 1. The lowest BCUT2D eigenvalue weighted by Gasteiger charge is -2.44. The van der Waals surface area contributed by atoms with E-state index in [0.717, 1.165) is 23.6 Å². The molecule has 1 aromatic carbocycles. The number of amides is 3. The Labute approximate surface area is 236 Å². The van der Waals surface area contributed by atoms with Crippen molar-refractivity contribution in [3.05, 3.63) is 30.3 Å². The van der Waals surface area contributed by atoms with E-state index in [0.29, 0.717) is 38.4 Å². The topological polar surface area (TPSA) is 109 Å². The van der Waals surface area contributed by atoms with Gasteiger partial charge < -0.3 is 24.3 Å². The predicted octanol–water partition coefficient (Wildman–Crippen LogP) is 0.103. The summed E-state index contributed by atoms with van der Waals surface area (Å²) in [6, 6.07) is 9.44. The number of nitrogens with zero attached hydrogens (tertiary/aromatic N) is 4. The molecule has 3 amide bonds. The van der Waals surface area contributed by atoms with Crippen molar-refractivity contribution in [3.8, 4) is 0 Å². The van der Waals surface area contributed by atoms with E-state index in [-0.39, 0.29) is 50.3 Å². The summed E-state index contributed by atoms with van der Waals surface area (Å²) in [4.78, 5) is 47.0. The van der Waals surface area contributed by atoms with Crippen molar-refractivity contribution in [2.75, 3.05) is 64.0 Å². The van der Waals surface area contributed by atoms with Crippen molar-refractivity contribution in [2.24, 2.45) is 11.8 Å². The first-order valence-electron chi connectivity index (χ1n) is 14.2. The Hall–Kier alpha value is -2.94. The smallest absolute Gasteiger partial charge is 0.365 e. The van der Waals surface area contributed by atoms with Gasteiger partial charge in [0.05, 0.1) is 31.9 Å². The molecule has 0 saturated carbocycles. The minimum absolute atomic E-state index is 0.0435. The van der Waals surface area contributed by atoms with E-state index in [2.05, 4.69) is 16.2 Å². The molecular weight excluding hydrogens is 543 g/mol. The molecular formula is C27H36F3N7O4.